The molecule has 2 amide bonds. The maximum Gasteiger partial charge on any atom is 0.335 e. The van der Waals surface area contributed by atoms with Gasteiger partial charge in [0.1, 0.15) is 17.4 Å². The highest BCUT2D eigenvalue weighted by atomic mass is 19.1. The van der Waals surface area contributed by atoms with Gasteiger partial charge in [-0.05, 0) is 85.1 Å². The zero-order chi connectivity index (χ0) is 28.7. The van der Waals surface area contributed by atoms with E-state index in [1.54, 1.807) is 43.3 Å². The molecule has 1 aliphatic heterocycles. The molecule has 1 aliphatic rings. The van der Waals surface area contributed by atoms with Gasteiger partial charge >= 0.3 is 5.97 Å². The molecule has 0 atom stereocenters. The van der Waals surface area contributed by atoms with Gasteiger partial charge in [-0.15, -0.1) is 0 Å². The molecule has 0 aliphatic carbocycles. The number of nitrogens with zero attached hydrogens (tertiary/aromatic N) is 2. The minimum Gasteiger partial charge on any atom is -0.496 e. The van der Waals surface area contributed by atoms with Crippen molar-refractivity contribution in [1.29, 1.82) is 0 Å². The van der Waals surface area contributed by atoms with E-state index in [-0.39, 0.29) is 22.4 Å². The number of rotatable bonds is 6. The summed E-state index contributed by atoms with van der Waals surface area (Å²) in [6, 6.07) is 17.1. The molecule has 0 unspecified atom stereocenters. The molecular formula is C31H22F2N2O5. The van der Waals surface area contributed by atoms with Gasteiger partial charge in [0.05, 0.1) is 35.2 Å². The number of ether oxygens (including phenoxy) is 1. The molecule has 200 valence electrons. The Balaban J connectivity index is 1.54. The van der Waals surface area contributed by atoms with Crippen LogP contribution in [-0.2, 0) is 0 Å². The van der Waals surface area contributed by atoms with Crippen molar-refractivity contribution in [3.8, 4) is 16.9 Å². The highest BCUT2D eigenvalue weighted by molar-refractivity contribution is 6.34. The summed E-state index contributed by atoms with van der Waals surface area (Å²) < 4.78 is 33.1. The average Bonchev–Trinajstić information content (AvgIpc) is 3.17. The smallest absolute Gasteiger partial charge is 0.335 e. The maximum atomic E-state index is 13.8. The zero-order valence-electron chi connectivity index (χ0n) is 21.7. The lowest BCUT2D eigenvalue weighted by Crippen LogP contribution is -2.29. The number of amides is 2. The van der Waals surface area contributed by atoms with Crippen LogP contribution < -0.4 is 9.64 Å². The molecule has 0 bridgehead atoms. The maximum absolute atomic E-state index is 13.8. The zero-order valence-corrected chi connectivity index (χ0v) is 21.7. The molecule has 0 saturated heterocycles. The number of anilines is 1. The molecule has 40 heavy (non-hydrogen) atoms. The Kier molecular flexibility index (Phi) is 6.73. The van der Waals surface area contributed by atoms with Crippen molar-refractivity contribution < 1.29 is 33.0 Å². The number of aromatic carboxylic acids is 1. The van der Waals surface area contributed by atoms with Gasteiger partial charge in [0.25, 0.3) is 11.8 Å². The van der Waals surface area contributed by atoms with Crippen LogP contribution in [0, 0.1) is 18.6 Å². The van der Waals surface area contributed by atoms with E-state index >= 15 is 0 Å². The number of aliphatic imine (C=N–C) groups is 1. The van der Waals surface area contributed by atoms with Crippen LogP contribution in [0.5, 0.6) is 5.75 Å². The van der Waals surface area contributed by atoms with Crippen LogP contribution in [0.4, 0.5) is 20.2 Å². The first-order valence-electron chi connectivity index (χ1n) is 12.1. The summed E-state index contributed by atoms with van der Waals surface area (Å²) in [6.45, 7) is 3.58. The number of carbonyl (C=O) groups excluding carboxylic acids is 2. The number of carbonyl (C=O) groups is 3. The molecule has 4 aromatic carbocycles. The van der Waals surface area contributed by atoms with E-state index in [9.17, 15) is 28.3 Å². The SMILES string of the molecule is COc1ccc(N2C(=O)c3ccc(C(=O)O)cc3C2=O)cc1C(C)=Nc1cc(-c2cc(F)cc(F)c2)ccc1C. The standard InChI is InChI=1S/C31H22F2N2O5/c1-16-4-5-18(20-10-21(32)14-22(33)11-20)13-27(16)34-17(2)25-15-23(7-9-28(25)40-3)35-29(36)24-8-6-19(31(38)39)12-26(24)30(35)37/h4-15H,1-3H3,(H,38,39). The van der Waals surface area contributed by atoms with Gasteiger partial charge < -0.3 is 9.84 Å². The lowest BCUT2D eigenvalue weighted by molar-refractivity contribution is 0.0696. The summed E-state index contributed by atoms with van der Waals surface area (Å²) in [5, 5.41) is 9.28. The number of carboxylic acid groups (broad SMARTS) is 1. The van der Waals surface area contributed by atoms with Crippen LogP contribution in [0.2, 0.25) is 0 Å². The Bertz CT molecular complexity index is 1740. The van der Waals surface area contributed by atoms with Crippen LogP contribution in [0.3, 0.4) is 0 Å². The fourth-order valence-corrected chi connectivity index (χ4v) is 4.60. The number of carboxylic acids is 1. The van der Waals surface area contributed by atoms with Gasteiger partial charge in [0, 0.05) is 17.3 Å². The molecule has 0 saturated carbocycles. The second-order valence-corrected chi connectivity index (χ2v) is 9.25. The largest absolute Gasteiger partial charge is 0.496 e. The normalized spacial score (nSPS) is 13.0. The molecule has 5 rings (SSSR count). The van der Waals surface area contributed by atoms with Crippen LogP contribution in [0.15, 0.2) is 77.8 Å². The number of methoxy groups -OCH3 is 1. The summed E-state index contributed by atoms with van der Waals surface area (Å²) >= 11 is 0. The van der Waals surface area contributed by atoms with Crippen molar-refractivity contribution in [2.75, 3.05) is 12.0 Å². The third kappa shape index (κ3) is 4.73. The van der Waals surface area contributed by atoms with Crippen molar-refractivity contribution in [2.45, 2.75) is 13.8 Å². The van der Waals surface area contributed by atoms with E-state index in [1.165, 1.54) is 37.4 Å². The molecule has 0 radical (unpaired) electrons. The van der Waals surface area contributed by atoms with E-state index in [0.717, 1.165) is 16.5 Å². The summed E-state index contributed by atoms with van der Waals surface area (Å²) in [5.74, 6) is -3.36. The van der Waals surface area contributed by atoms with E-state index in [0.29, 0.717) is 33.8 Å². The van der Waals surface area contributed by atoms with Gasteiger partial charge in [0.15, 0.2) is 0 Å². The van der Waals surface area contributed by atoms with E-state index in [4.69, 9.17) is 9.73 Å². The van der Waals surface area contributed by atoms with Crippen molar-refractivity contribution >= 4 is 34.9 Å². The van der Waals surface area contributed by atoms with Crippen molar-refractivity contribution in [1.82, 2.24) is 0 Å². The molecule has 0 fully saturated rings. The number of fused-ring (bicyclic) bond motifs is 1. The number of halogens is 2. The Hall–Kier alpha value is -5.18. The minimum absolute atomic E-state index is 0.00822. The number of benzene rings is 4. The fourth-order valence-electron chi connectivity index (χ4n) is 4.60. The first-order valence-corrected chi connectivity index (χ1v) is 12.1. The summed E-state index contributed by atoms with van der Waals surface area (Å²) in [5.41, 5.74) is 3.57. The predicted octanol–water partition coefficient (Wildman–Crippen LogP) is 6.59. The monoisotopic (exact) mass is 540 g/mol. The Morgan fingerprint density at radius 1 is 0.850 bits per heavy atom. The minimum atomic E-state index is -1.21. The molecule has 9 heteroatoms. The number of aryl methyl sites for hydroxylation is 1. The first kappa shape index (κ1) is 26.4. The quantitative estimate of drug-likeness (QED) is 0.220. The topological polar surface area (TPSA) is 96.3 Å². The second kappa shape index (κ2) is 10.2. The van der Waals surface area contributed by atoms with Crippen LogP contribution in [0.1, 0.15) is 49.1 Å². The highest BCUT2D eigenvalue weighted by Crippen LogP contribution is 2.34. The van der Waals surface area contributed by atoms with Gasteiger partial charge in [-0.2, -0.15) is 0 Å². The van der Waals surface area contributed by atoms with Crippen molar-refractivity contribution in [2.24, 2.45) is 4.99 Å². The Morgan fingerprint density at radius 3 is 2.23 bits per heavy atom. The lowest BCUT2D eigenvalue weighted by Gasteiger charge is -2.17. The van der Waals surface area contributed by atoms with E-state index in [2.05, 4.69) is 0 Å². The highest BCUT2D eigenvalue weighted by Gasteiger charge is 2.37. The van der Waals surface area contributed by atoms with Crippen LogP contribution in [-0.4, -0.2) is 35.7 Å². The van der Waals surface area contributed by atoms with E-state index in [1.807, 2.05) is 6.92 Å². The fraction of sp³-hybridized carbons (Fsp3) is 0.0968. The van der Waals surface area contributed by atoms with Crippen molar-refractivity contribution in [3.63, 3.8) is 0 Å². The van der Waals surface area contributed by atoms with Gasteiger partial charge in [-0.1, -0.05) is 12.1 Å². The van der Waals surface area contributed by atoms with Crippen LogP contribution in [0.25, 0.3) is 11.1 Å². The lowest BCUT2D eigenvalue weighted by atomic mass is 10.0. The molecule has 7 nitrogen and oxygen atoms in total. The van der Waals surface area contributed by atoms with Gasteiger partial charge in [0.2, 0.25) is 0 Å². The third-order valence-electron chi connectivity index (χ3n) is 6.66. The van der Waals surface area contributed by atoms with Gasteiger partial charge in [-0.3, -0.25) is 14.6 Å². The Labute approximate surface area is 228 Å². The predicted molar refractivity (Wildman–Crippen MR) is 146 cm³/mol. The molecule has 1 N–H and O–H groups in total. The van der Waals surface area contributed by atoms with Gasteiger partial charge in [-0.25, -0.2) is 18.5 Å². The van der Waals surface area contributed by atoms with E-state index < -0.39 is 29.4 Å². The number of hydrogen-bond acceptors (Lipinski definition) is 5. The molecular weight excluding hydrogens is 518 g/mol. The molecule has 0 aromatic heterocycles. The molecule has 0 spiro atoms. The molecule has 4 aromatic rings. The summed E-state index contributed by atoms with van der Waals surface area (Å²) in [7, 11) is 1.48. The van der Waals surface area contributed by atoms with Crippen molar-refractivity contribution in [3.05, 3.63) is 112 Å². The number of hydrogen-bond donors (Lipinski definition) is 1. The average molecular weight is 541 g/mol. The Morgan fingerprint density at radius 2 is 1.55 bits per heavy atom. The third-order valence-corrected chi connectivity index (χ3v) is 6.66. The second-order valence-electron chi connectivity index (χ2n) is 9.25. The first-order chi connectivity index (χ1) is 19.1. The summed E-state index contributed by atoms with van der Waals surface area (Å²) in [4.78, 5) is 43.4. The molecule has 1 heterocycles. The summed E-state index contributed by atoms with van der Waals surface area (Å²) in [6.07, 6.45) is 0. The van der Waals surface area contributed by atoms with Crippen LogP contribution >= 0.6 is 0 Å². The number of imide groups is 1.